The molecule has 0 aromatic carbocycles. The minimum Gasteiger partial charge on any atom is -0.480 e. The molecule has 0 bridgehead atoms. The first-order valence-electron chi connectivity index (χ1n) is 5.82. The van der Waals surface area contributed by atoms with E-state index in [4.69, 9.17) is 9.84 Å². The maximum Gasteiger partial charge on any atom is 0.320 e. The van der Waals surface area contributed by atoms with Crippen LogP contribution in [0, 0.1) is 0 Å². The number of carbonyl (C=O) groups is 1. The number of ether oxygens (including phenoxy) is 1. The quantitative estimate of drug-likeness (QED) is 0.780. The van der Waals surface area contributed by atoms with Crippen molar-refractivity contribution in [3.05, 3.63) is 0 Å². The van der Waals surface area contributed by atoms with Crippen LogP contribution in [0.2, 0.25) is 0 Å². The van der Waals surface area contributed by atoms with Crippen molar-refractivity contribution in [3.8, 4) is 0 Å². The summed E-state index contributed by atoms with van der Waals surface area (Å²) in [4.78, 5) is 10.8. The monoisotopic (exact) mass is 245 g/mol. The second-order valence-corrected chi connectivity index (χ2v) is 5.86. The van der Waals surface area contributed by atoms with Crippen molar-refractivity contribution in [1.29, 1.82) is 0 Å². The Hall–Kier alpha value is -0.260. The predicted octanol–water partition coefficient (Wildman–Crippen LogP) is 1.10. The SMILES string of the molecule is CC(NC1CCOC2(CCSC2)C1)C(=O)O. The number of thioether (sulfide) groups is 1. The van der Waals surface area contributed by atoms with Gasteiger partial charge in [-0.3, -0.25) is 4.79 Å². The molecule has 2 N–H and O–H groups in total. The van der Waals surface area contributed by atoms with Crippen molar-refractivity contribution in [2.75, 3.05) is 18.1 Å². The maximum absolute atomic E-state index is 10.8. The van der Waals surface area contributed by atoms with Gasteiger partial charge in [0, 0.05) is 18.4 Å². The van der Waals surface area contributed by atoms with E-state index in [0.29, 0.717) is 6.04 Å². The van der Waals surface area contributed by atoms with Gasteiger partial charge in [-0.2, -0.15) is 11.8 Å². The highest BCUT2D eigenvalue weighted by atomic mass is 32.2. The Bertz CT molecular complexity index is 266. The van der Waals surface area contributed by atoms with Gasteiger partial charge in [0.1, 0.15) is 6.04 Å². The molecule has 92 valence electrons. The van der Waals surface area contributed by atoms with Crippen LogP contribution in [0.4, 0.5) is 0 Å². The molecule has 0 saturated carbocycles. The lowest BCUT2D eigenvalue weighted by atomic mass is 9.89. The Labute approximate surface area is 100 Å². The molecule has 2 aliphatic rings. The molecule has 0 radical (unpaired) electrons. The summed E-state index contributed by atoms with van der Waals surface area (Å²) in [5, 5.41) is 12.1. The van der Waals surface area contributed by atoms with Crippen molar-refractivity contribution in [1.82, 2.24) is 5.32 Å². The molecule has 2 rings (SSSR count). The van der Waals surface area contributed by atoms with E-state index in [0.717, 1.165) is 31.6 Å². The van der Waals surface area contributed by atoms with Crippen molar-refractivity contribution in [2.45, 2.75) is 43.9 Å². The molecular formula is C11H19NO3S. The zero-order chi connectivity index (χ0) is 11.6. The summed E-state index contributed by atoms with van der Waals surface area (Å²) in [6, 6.07) is -0.173. The van der Waals surface area contributed by atoms with E-state index in [2.05, 4.69) is 5.32 Å². The zero-order valence-electron chi connectivity index (χ0n) is 9.57. The van der Waals surface area contributed by atoms with E-state index in [9.17, 15) is 4.79 Å². The largest absolute Gasteiger partial charge is 0.480 e. The normalized spacial score (nSPS) is 36.4. The van der Waals surface area contributed by atoms with E-state index in [1.807, 2.05) is 11.8 Å². The minimum absolute atomic E-state index is 0.0266. The smallest absolute Gasteiger partial charge is 0.320 e. The van der Waals surface area contributed by atoms with Gasteiger partial charge in [0.2, 0.25) is 0 Å². The highest BCUT2D eigenvalue weighted by Crippen LogP contribution is 2.38. The number of hydrogen-bond acceptors (Lipinski definition) is 4. The molecule has 3 unspecified atom stereocenters. The van der Waals surface area contributed by atoms with Gasteiger partial charge in [-0.05, 0) is 31.9 Å². The topological polar surface area (TPSA) is 58.6 Å². The molecule has 2 fully saturated rings. The third kappa shape index (κ3) is 2.70. The maximum atomic E-state index is 10.8. The molecule has 0 amide bonds. The van der Waals surface area contributed by atoms with Crippen LogP contribution in [0.25, 0.3) is 0 Å². The van der Waals surface area contributed by atoms with Gasteiger partial charge < -0.3 is 15.2 Å². The van der Waals surface area contributed by atoms with Crippen LogP contribution in [0.5, 0.6) is 0 Å². The van der Waals surface area contributed by atoms with E-state index in [1.165, 1.54) is 5.75 Å². The first-order chi connectivity index (χ1) is 7.61. The lowest BCUT2D eigenvalue weighted by Crippen LogP contribution is -2.50. The second-order valence-electron chi connectivity index (χ2n) is 4.75. The fourth-order valence-electron chi connectivity index (χ4n) is 2.46. The lowest BCUT2D eigenvalue weighted by molar-refractivity contribution is -0.140. The van der Waals surface area contributed by atoms with Crippen molar-refractivity contribution in [3.63, 3.8) is 0 Å². The molecule has 0 aromatic rings. The zero-order valence-corrected chi connectivity index (χ0v) is 10.4. The third-order valence-corrected chi connectivity index (χ3v) is 4.64. The fourth-order valence-corrected chi connectivity index (χ4v) is 3.84. The molecule has 3 atom stereocenters. The van der Waals surface area contributed by atoms with Gasteiger partial charge in [-0.15, -0.1) is 0 Å². The summed E-state index contributed by atoms with van der Waals surface area (Å²) in [6.45, 7) is 2.46. The van der Waals surface area contributed by atoms with Crippen molar-refractivity contribution >= 4 is 17.7 Å². The summed E-state index contributed by atoms with van der Waals surface area (Å²) in [6.07, 6.45) is 2.99. The molecule has 2 saturated heterocycles. The minimum atomic E-state index is -0.777. The van der Waals surface area contributed by atoms with Gasteiger partial charge in [-0.1, -0.05) is 0 Å². The second kappa shape index (κ2) is 4.94. The number of aliphatic carboxylic acids is 1. The predicted molar refractivity (Wildman–Crippen MR) is 63.9 cm³/mol. The first kappa shape index (κ1) is 12.2. The molecule has 2 aliphatic heterocycles. The van der Waals surface area contributed by atoms with Crippen molar-refractivity contribution < 1.29 is 14.6 Å². The van der Waals surface area contributed by atoms with Crippen LogP contribution in [0.1, 0.15) is 26.2 Å². The van der Waals surface area contributed by atoms with Crippen LogP contribution in [0.3, 0.4) is 0 Å². The van der Waals surface area contributed by atoms with Crippen LogP contribution < -0.4 is 5.32 Å². The number of carboxylic acids is 1. The van der Waals surface area contributed by atoms with E-state index < -0.39 is 12.0 Å². The van der Waals surface area contributed by atoms with Crippen LogP contribution in [-0.4, -0.2) is 46.9 Å². The summed E-state index contributed by atoms with van der Waals surface area (Å²) >= 11 is 1.94. The van der Waals surface area contributed by atoms with Gasteiger partial charge in [0.25, 0.3) is 0 Å². The Morgan fingerprint density at radius 3 is 3.12 bits per heavy atom. The van der Waals surface area contributed by atoms with E-state index >= 15 is 0 Å². The number of nitrogens with one attached hydrogen (secondary N) is 1. The van der Waals surface area contributed by atoms with E-state index in [1.54, 1.807) is 6.92 Å². The molecular weight excluding hydrogens is 226 g/mol. The fraction of sp³-hybridized carbons (Fsp3) is 0.909. The Morgan fingerprint density at radius 1 is 1.69 bits per heavy atom. The Kier molecular flexibility index (Phi) is 3.77. The number of rotatable bonds is 3. The lowest BCUT2D eigenvalue weighted by Gasteiger charge is -2.38. The first-order valence-corrected chi connectivity index (χ1v) is 6.97. The number of hydrogen-bond donors (Lipinski definition) is 2. The van der Waals surface area contributed by atoms with Crippen LogP contribution >= 0.6 is 11.8 Å². The average Bonchev–Trinajstić information content (AvgIpc) is 2.66. The number of carboxylic acid groups (broad SMARTS) is 1. The van der Waals surface area contributed by atoms with E-state index in [-0.39, 0.29) is 5.60 Å². The highest BCUT2D eigenvalue weighted by Gasteiger charge is 2.40. The molecule has 16 heavy (non-hydrogen) atoms. The molecule has 0 aliphatic carbocycles. The van der Waals surface area contributed by atoms with Gasteiger partial charge >= 0.3 is 5.97 Å². The molecule has 0 aromatic heterocycles. The summed E-state index contributed by atoms with van der Waals surface area (Å²) in [5.74, 6) is 1.45. The third-order valence-electron chi connectivity index (χ3n) is 3.42. The molecule has 2 heterocycles. The van der Waals surface area contributed by atoms with Crippen molar-refractivity contribution in [2.24, 2.45) is 0 Å². The molecule has 5 heteroatoms. The van der Waals surface area contributed by atoms with Gasteiger partial charge in [0.15, 0.2) is 0 Å². The van der Waals surface area contributed by atoms with Crippen LogP contribution in [0.15, 0.2) is 0 Å². The summed E-state index contributed by atoms with van der Waals surface area (Å²) in [5.41, 5.74) is 0.0266. The van der Waals surface area contributed by atoms with Crippen LogP contribution in [-0.2, 0) is 9.53 Å². The highest BCUT2D eigenvalue weighted by molar-refractivity contribution is 7.99. The average molecular weight is 245 g/mol. The summed E-state index contributed by atoms with van der Waals surface area (Å²) < 4.78 is 5.89. The molecule has 4 nitrogen and oxygen atoms in total. The standard InChI is InChI=1S/C11H19NO3S/c1-8(10(13)14)12-9-2-4-15-11(6-9)3-5-16-7-11/h8-9,12H,2-7H2,1H3,(H,13,14). The van der Waals surface area contributed by atoms with Gasteiger partial charge in [0.05, 0.1) is 5.60 Å². The Morgan fingerprint density at radius 2 is 2.50 bits per heavy atom. The Balaban J connectivity index is 1.89. The summed E-state index contributed by atoms with van der Waals surface area (Å²) in [7, 11) is 0. The molecule has 1 spiro atoms. The van der Waals surface area contributed by atoms with Gasteiger partial charge in [-0.25, -0.2) is 0 Å².